The number of halogens is 1. The molecule has 0 aliphatic carbocycles. The van der Waals surface area contributed by atoms with E-state index in [0.29, 0.717) is 45.3 Å². The summed E-state index contributed by atoms with van der Waals surface area (Å²) in [7, 11) is 0. The Kier molecular flexibility index (Phi) is 8.88. The fourth-order valence-corrected chi connectivity index (χ4v) is 5.07. The van der Waals surface area contributed by atoms with Gasteiger partial charge in [-0.2, -0.15) is 0 Å². The van der Waals surface area contributed by atoms with Gasteiger partial charge in [0.15, 0.2) is 0 Å². The molecule has 3 aromatic rings. The van der Waals surface area contributed by atoms with Gasteiger partial charge < -0.3 is 10.2 Å². The average Bonchev–Trinajstić information content (AvgIpc) is 2.93. The molecule has 0 atom stereocenters. The van der Waals surface area contributed by atoms with Crippen molar-refractivity contribution in [3.8, 4) is 0 Å². The van der Waals surface area contributed by atoms with Gasteiger partial charge in [0.1, 0.15) is 5.82 Å². The van der Waals surface area contributed by atoms with E-state index in [2.05, 4.69) is 29.6 Å². The molecule has 1 heterocycles. The van der Waals surface area contributed by atoms with Gasteiger partial charge in [-0.15, -0.1) is 0 Å². The van der Waals surface area contributed by atoms with Crippen molar-refractivity contribution in [3.05, 3.63) is 107 Å². The van der Waals surface area contributed by atoms with E-state index in [1.54, 1.807) is 12.1 Å². The van der Waals surface area contributed by atoms with E-state index in [1.165, 1.54) is 17.7 Å². The summed E-state index contributed by atoms with van der Waals surface area (Å²) in [4.78, 5) is 28.3. The predicted molar refractivity (Wildman–Crippen MR) is 141 cm³/mol. The van der Waals surface area contributed by atoms with Gasteiger partial charge in [-0.25, -0.2) is 4.39 Å². The predicted octanol–water partition coefficient (Wildman–Crippen LogP) is 5.46. The molecule has 4 rings (SSSR count). The summed E-state index contributed by atoms with van der Waals surface area (Å²) < 4.78 is 13.1. The van der Waals surface area contributed by atoms with E-state index in [-0.39, 0.29) is 17.6 Å². The number of amides is 2. The first-order valence-electron chi connectivity index (χ1n) is 13.0. The maximum absolute atomic E-state index is 13.5. The summed E-state index contributed by atoms with van der Waals surface area (Å²) in [5.74, 6) is -0.123. The molecule has 1 saturated heterocycles. The zero-order valence-corrected chi connectivity index (χ0v) is 20.8. The van der Waals surface area contributed by atoms with E-state index in [0.717, 1.165) is 30.4 Å². The molecule has 0 spiro atoms. The molecule has 1 aliphatic rings. The Hall–Kier alpha value is -3.47. The molecule has 2 amide bonds. The molecule has 0 unspecified atom stereocenters. The Bertz CT molecular complexity index is 1110. The van der Waals surface area contributed by atoms with Crippen molar-refractivity contribution in [3.63, 3.8) is 0 Å². The standard InChI is InChI=1S/C31H35FN2O2/c32-28-17-14-26(15-18-28)16-19-29(35)34-23-20-31(21-24-34,27-12-5-2-6-13-27)30(36)33-22-8-7-11-25-9-3-1-4-10-25/h1-6,9-10,12-15,17-18H,7-8,11,16,19-24H2,(H,33,36). The Morgan fingerprint density at radius 3 is 2.06 bits per heavy atom. The first-order valence-corrected chi connectivity index (χ1v) is 13.0. The first-order chi connectivity index (χ1) is 17.6. The molecule has 0 radical (unpaired) electrons. The lowest BCUT2D eigenvalue weighted by Gasteiger charge is -2.41. The van der Waals surface area contributed by atoms with Gasteiger partial charge in [-0.3, -0.25) is 9.59 Å². The topological polar surface area (TPSA) is 49.4 Å². The van der Waals surface area contributed by atoms with Crippen LogP contribution in [0, 0.1) is 5.82 Å². The third-order valence-electron chi connectivity index (χ3n) is 7.29. The van der Waals surface area contributed by atoms with Crippen molar-refractivity contribution < 1.29 is 14.0 Å². The molecule has 1 fully saturated rings. The fourth-order valence-electron chi connectivity index (χ4n) is 5.07. The van der Waals surface area contributed by atoms with Gasteiger partial charge in [0.2, 0.25) is 11.8 Å². The number of carbonyl (C=O) groups excluding carboxylic acids is 2. The number of benzene rings is 3. The highest BCUT2D eigenvalue weighted by atomic mass is 19.1. The number of likely N-dealkylation sites (tertiary alicyclic amines) is 1. The van der Waals surface area contributed by atoms with Crippen molar-refractivity contribution in [1.29, 1.82) is 0 Å². The largest absolute Gasteiger partial charge is 0.355 e. The van der Waals surface area contributed by atoms with E-state index in [1.807, 2.05) is 41.3 Å². The van der Waals surface area contributed by atoms with Crippen molar-refractivity contribution in [2.75, 3.05) is 19.6 Å². The number of hydrogen-bond acceptors (Lipinski definition) is 2. The monoisotopic (exact) mass is 486 g/mol. The molecule has 3 aromatic carbocycles. The Morgan fingerprint density at radius 2 is 1.39 bits per heavy atom. The Labute approximate surface area is 213 Å². The van der Waals surface area contributed by atoms with Crippen molar-refractivity contribution in [2.24, 2.45) is 0 Å². The number of nitrogens with one attached hydrogen (secondary N) is 1. The summed E-state index contributed by atoms with van der Waals surface area (Å²) in [5, 5.41) is 3.20. The summed E-state index contributed by atoms with van der Waals surface area (Å²) in [6, 6.07) is 26.7. The molecule has 0 bridgehead atoms. The highest BCUT2D eigenvalue weighted by molar-refractivity contribution is 5.89. The van der Waals surface area contributed by atoms with Crippen LogP contribution in [-0.4, -0.2) is 36.3 Å². The molecular weight excluding hydrogens is 451 g/mol. The van der Waals surface area contributed by atoms with Crippen LogP contribution in [-0.2, 0) is 27.8 Å². The van der Waals surface area contributed by atoms with Crippen LogP contribution in [0.5, 0.6) is 0 Å². The highest BCUT2D eigenvalue weighted by Gasteiger charge is 2.43. The van der Waals surface area contributed by atoms with Gasteiger partial charge in [0.05, 0.1) is 5.41 Å². The summed E-state index contributed by atoms with van der Waals surface area (Å²) in [6.45, 7) is 1.76. The van der Waals surface area contributed by atoms with E-state index in [9.17, 15) is 14.0 Å². The third kappa shape index (κ3) is 6.60. The molecule has 4 nitrogen and oxygen atoms in total. The van der Waals surface area contributed by atoms with Gasteiger partial charge in [0.25, 0.3) is 0 Å². The molecular formula is C31H35FN2O2. The number of aryl methyl sites for hydroxylation is 2. The van der Waals surface area contributed by atoms with Crippen LogP contribution in [0.15, 0.2) is 84.9 Å². The third-order valence-corrected chi connectivity index (χ3v) is 7.29. The Morgan fingerprint density at radius 1 is 0.778 bits per heavy atom. The number of hydrogen-bond donors (Lipinski definition) is 1. The number of carbonyl (C=O) groups is 2. The van der Waals surface area contributed by atoms with Crippen molar-refractivity contribution in [2.45, 2.75) is 50.4 Å². The molecule has 0 saturated carbocycles. The SMILES string of the molecule is O=C(CCc1ccc(F)cc1)N1CCC(C(=O)NCCCCc2ccccc2)(c2ccccc2)CC1. The van der Waals surface area contributed by atoms with Crippen LogP contribution in [0.4, 0.5) is 4.39 Å². The summed E-state index contributed by atoms with van der Waals surface area (Å²) >= 11 is 0. The van der Waals surface area contributed by atoms with Crippen LogP contribution in [0.25, 0.3) is 0 Å². The van der Waals surface area contributed by atoms with Crippen LogP contribution < -0.4 is 5.32 Å². The van der Waals surface area contributed by atoms with Gasteiger partial charge in [-0.05, 0) is 67.3 Å². The zero-order chi connectivity index (χ0) is 25.2. The number of rotatable bonds is 10. The van der Waals surface area contributed by atoms with Gasteiger partial charge in [0, 0.05) is 26.1 Å². The molecule has 0 aromatic heterocycles. The second-order valence-corrected chi connectivity index (χ2v) is 9.65. The fraction of sp³-hybridized carbons (Fsp3) is 0.355. The number of piperidine rings is 1. The Balaban J connectivity index is 1.31. The van der Waals surface area contributed by atoms with Crippen LogP contribution in [0.3, 0.4) is 0 Å². The minimum atomic E-state index is -0.617. The smallest absolute Gasteiger partial charge is 0.230 e. The second kappa shape index (κ2) is 12.5. The van der Waals surface area contributed by atoms with E-state index in [4.69, 9.17) is 0 Å². The molecule has 188 valence electrons. The molecule has 36 heavy (non-hydrogen) atoms. The first kappa shape index (κ1) is 25.6. The van der Waals surface area contributed by atoms with E-state index < -0.39 is 5.41 Å². The summed E-state index contributed by atoms with van der Waals surface area (Å²) in [5.41, 5.74) is 2.67. The number of nitrogens with zero attached hydrogens (tertiary/aromatic N) is 1. The maximum Gasteiger partial charge on any atom is 0.230 e. The van der Waals surface area contributed by atoms with E-state index >= 15 is 0 Å². The van der Waals surface area contributed by atoms with Crippen LogP contribution in [0.1, 0.15) is 48.8 Å². The molecule has 5 heteroatoms. The van der Waals surface area contributed by atoms with Gasteiger partial charge in [-0.1, -0.05) is 72.8 Å². The molecule has 1 aliphatic heterocycles. The zero-order valence-electron chi connectivity index (χ0n) is 20.8. The lowest BCUT2D eigenvalue weighted by Crippen LogP contribution is -2.53. The minimum Gasteiger partial charge on any atom is -0.355 e. The lowest BCUT2D eigenvalue weighted by atomic mass is 9.72. The quantitative estimate of drug-likeness (QED) is 0.387. The summed E-state index contributed by atoms with van der Waals surface area (Å²) in [6.07, 6.45) is 5.15. The van der Waals surface area contributed by atoms with Crippen LogP contribution in [0.2, 0.25) is 0 Å². The second-order valence-electron chi connectivity index (χ2n) is 9.65. The van der Waals surface area contributed by atoms with Gasteiger partial charge >= 0.3 is 0 Å². The average molecular weight is 487 g/mol. The number of unbranched alkanes of at least 4 members (excludes halogenated alkanes) is 1. The minimum absolute atomic E-state index is 0.0619. The van der Waals surface area contributed by atoms with Crippen molar-refractivity contribution in [1.82, 2.24) is 10.2 Å². The molecule has 1 N–H and O–H groups in total. The highest BCUT2D eigenvalue weighted by Crippen LogP contribution is 2.36. The maximum atomic E-state index is 13.5. The van der Waals surface area contributed by atoms with Crippen molar-refractivity contribution >= 4 is 11.8 Å². The van der Waals surface area contributed by atoms with Crippen LogP contribution >= 0.6 is 0 Å². The normalized spacial score (nSPS) is 14.9. The lowest BCUT2D eigenvalue weighted by molar-refractivity contribution is -0.136.